The van der Waals surface area contributed by atoms with E-state index in [4.69, 9.17) is 4.42 Å². The molecule has 3 heteroatoms. The molecule has 1 atom stereocenters. The van der Waals surface area contributed by atoms with Gasteiger partial charge in [0, 0.05) is 24.0 Å². The largest absolute Gasteiger partial charge is 0.459 e. The summed E-state index contributed by atoms with van der Waals surface area (Å²) >= 11 is 0. The molecule has 1 aliphatic heterocycles. The van der Waals surface area contributed by atoms with Gasteiger partial charge in [0.05, 0.1) is 6.54 Å². The van der Waals surface area contributed by atoms with Gasteiger partial charge in [-0.25, -0.2) is 0 Å². The second-order valence-corrected chi connectivity index (χ2v) is 6.26. The Bertz CT molecular complexity index is 590. The SMILES string of the molecule is CCNCc1c(CN2CCCC(C)C2)oc2ccccc12. The van der Waals surface area contributed by atoms with Crippen LogP contribution in [0, 0.1) is 5.92 Å². The molecular formula is C18H26N2O. The first-order valence-corrected chi connectivity index (χ1v) is 8.20. The Hall–Kier alpha value is -1.32. The van der Waals surface area contributed by atoms with Crippen molar-refractivity contribution >= 4 is 11.0 Å². The van der Waals surface area contributed by atoms with Crippen molar-refractivity contribution in [1.82, 2.24) is 10.2 Å². The summed E-state index contributed by atoms with van der Waals surface area (Å²) in [7, 11) is 0. The summed E-state index contributed by atoms with van der Waals surface area (Å²) in [5, 5.41) is 4.71. The number of nitrogens with zero attached hydrogens (tertiary/aromatic N) is 1. The van der Waals surface area contributed by atoms with Gasteiger partial charge in [-0.05, 0) is 37.9 Å². The molecule has 0 aliphatic carbocycles. The average Bonchev–Trinajstić information content (AvgIpc) is 2.82. The van der Waals surface area contributed by atoms with Crippen LogP contribution in [0.2, 0.25) is 0 Å². The molecule has 0 bridgehead atoms. The van der Waals surface area contributed by atoms with E-state index in [1.165, 1.54) is 36.9 Å². The van der Waals surface area contributed by atoms with Crippen LogP contribution in [0.3, 0.4) is 0 Å². The van der Waals surface area contributed by atoms with Crippen LogP contribution in [0.4, 0.5) is 0 Å². The molecule has 0 radical (unpaired) electrons. The molecule has 1 aliphatic rings. The summed E-state index contributed by atoms with van der Waals surface area (Å²) in [5.41, 5.74) is 2.36. The molecule has 21 heavy (non-hydrogen) atoms. The maximum absolute atomic E-state index is 6.15. The Morgan fingerprint density at radius 3 is 3.00 bits per heavy atom. The average molecular weight is 286 g/mol. The number of nitrogens with one attached hydrogen (secondary N) is 1. The zero-order valence-corrected chi connectivity index (χ0v) is 13.2. The minimum atomic E-state index is 0.806. The second-order valence-electron chi connectivity index (χ2n) is 6.26. The number of furan rings is 1. The van der Waals surface area contributed by atoms with Gasteiger partial charge in [-0.15, -0.1) is 0 Å². The van der Waals surface area contributed by atoms with E-state index in [0.29, 0.717) is 0 Å². The molecule has 3 rings (SSSR count). The number of fused-ring (bicyclic) bond motifs is 1. The lowest BCUT2D eigenvalue weighted by molar-refractivity contribution is 0.166. The van der Waals surface area contributed by atoms with Crippen LogP contribution in [0.1, 0.15) is 38.0 Å². The fourth-order valence-electron chi connectivity index (χ4n) is 3.35. The summed E-state index contributed by atoms with van der Waals surface area (Å²) in [6.45, 7) is 9.71. The second kappa shape index (κ2) is 6.63. The monoisotopic (exact) mass is 286 g/mol. The lowest BCUT2D eigenvalue weighted by atomic mass is 10.00. The summed E-state index contributed by atoms with van der Waals surface area (Å²) in [6, 6.07) is 8.40. The van der Waals surface area contributed by atoms with E-state index in [1.807, 2.05) is 0 Å². The van der Waals surface area contributed by atoms with Crippen molar-refractivity contribution in [1.29, 1.82) is 0 Å². The van der Waals surface area contributed by atoms with E-state index in [9.17, 15) is 0 Å². The fourth-order valence-corrected chi connectivity index (χ4v) is 3.35. The van der Waals surface area contributed by atoms with Crippen LogP contribution in [0.25, 0.3) is 11.0 Å². The van der Waals surface area contributed by atoms with Crippen LogP contribution in [-0.2, 0) is 13.1 Å². The number of rotatable bonds is 5. The Morgan fingerprint density at radius 2 is 2.19 bits per heavy atom. The highest BCUT2D eigenvalue weighted by Crippen LogP contribution is 2.28. The molecule has 1 aromatic carbocycles. The first-order chi connectivity index (χ1) is 10.3. The van der Waals surface area contributed by atoms with Gasteiger partial charge in [0.15, 0.2) is 0 Å². The molecule has 1 aromatic heterocycles. The summed E-state index contributed by atoms with van der Waals surface area (Å²) in [5.74, 6) is 1.95. The van der Waals surface area contributed by atoms with E-state index < -0.39 is 0 Å². The fraction of sp³-hybridized carbons (Fsp3) is 0.556. The Labute approximate surface area is 127 Å². The van der Waals surface area contributed by atoms with Crippen molar-refractivity contribution in [2.24, 2.45) is 5.92 Å². The molecule has 0 amide bonds. The van der Waals surface area contributed by atoms with Crippen LogP contribution in [-0.4, -0.2) is 24.5 Å². The third-order valence-corrected chi connectivity index (χ3v) is 4.44. The van der Waals surface area contributed by atoms with Gasteiger partial charge in [0.2, 0.25) is 0 Å². The van der Waals surface area contributed by atoms with Crippen molar-refractivity contribution in [3.8, 4) is 0 Å². The predicted octanol–water partition coefficient (Wildman–Crippen LogP) is 3.77. The topological polar surface area (TPSA) is 28.4 Å². The number of hydrogen-bond donors (Lipinski definition) is 1. The number of benzene rings is 1. The number of para-hydroxylation sites is 1. The van der Waals surface area contributed by atoms with Crippen molar-refractivity contribution in [2.45, 2.75) is 39.8 Å². The molecule has 1 saturated heterocycles. The zero-order valence-electron chi connectivity index (χ0n) is 13.2. The van der Waals surface area contributed by atoms with Crippen molar-refractivity contribution < 1.29 is 4.42 Å². The van der Waals surface area contributed by atoms with Crippen molar-refractivity contribution in [2.75, 3.05) is 19.6 Å². The highest BCUT2D eigenvalue weighted by molar-refractivity contribution is 5.82. The molecule has 0 spiro atoms. The van der Waals surface area contributed by atoms with Gasteiger partial charge in [-0.2, -0.15) is 0 Å². The highest BCUT2D eigenvalue weighted by Gasteiger charge is 2.20. The van der Waals surface area contributed by atoms with E-state index in [2.05, 4.69) is 48.3 Å². The van der Waals surface area contributed by atoms with E-state index >= 15 is 0 Å². The maximum atomic E-state index is 6.15. The number of hydrogen-bond acceptors (Lipinski definition) is 3. The number of likely N-dealkylation sites (tertiary alicyclic amines) is 1. The molecule has 1 unspecified atom stereocenters. The molecule has 1 fully saturated rings. The summed E-state index contributed by atoms with van der Waals surface area (Å²) in [6.07, 6.45) is 2.67. The van der Waals surface area contributed by atoms with Crippen LogP contribution in [0.5, 0.6) is 0 Å². The van der Waals surface area contributed by atoms with Gasteiger partial charge in [0.1, 0.15) is 11.3 Å². The van der Waals surface area contributed by atoms with Gasteiger partial charge in [-0.3, -0.25) is 4.90 Å². The third-order valence-electron chi connectivity index (χ3n) is 4.44. The third kappa shape index (κ3) is 3.30. The van der Waals surface area contributed by atoms with Crippen molar-refractivity contribution in [3.05, 3.63) is 35.6 Å². The van der Waals surface area contributed by atoms with Gasteiger partial charge < -0.3 is 9.73 Å². The minimum Gasteiger partial charge on any atom is -0.459 e. The first kappa shape index (κ1) is 14.6. The lowest BCUT2D eigenvalue weighted by Crippen LogP contribution is -2.34. The Balaban J connectivity index is 1.85. The maximum Gasteiger partial charge on any atom is 0.134 e. The highest BCUT2D eigenvalue weighted by atomic mass is 16.3. The van der Waals surface area contributed by atoms with Gasteiger partial charge in [0.25, 0.3) is 0 Å². The zero-order chi connectivity index (χ0) is 14.7. The summed E-state index contributed by atoms with van der Waals surface area (Å²) in [4.78, 5) is 2.54. The Morgan fingerprint density at radius 1 is 1.33 bits per heavy atom. The number of piperidine rings is 1. The van der Waals surface area contributed by atoms with E-state index in [-0.39, 0.29) is 0 Å². The molecular weight excluding hydrogens is 260 g/mol. The van der Waals surface area contributed by atoms with Crippen LogP contribution < -0.4 is 5.32 Å². The molecule has 0 saturated carbocycles. The minimum absolute atomic E-state index is 0.806. The smallest absolute Gasteiger partial charge is 0.134 e. The van der Waals surface area contributed by atoms with Gasteiger partial charge >= 0.3 is 0 Å². The summed E-state index contributed by atoms with van der Waals surface area (Å²) < 4.78 is 6.15. The van der Waals surface area contributed by atoms with Crippen LogP contribution >= 0.6 is 0 Å². The normalized spacial score (nSPS) is 20.2. The molecule has 1 N–H and O–H groups in total. The first-order valence-electron chi connectivity index (χ1n) is 8.20. The van der Waals surface area contributed by atoms with Crippen LogP contribution in [0.15, 0.2) is 28.7 Å². The predicted molar refractivity (Wildman–Crippen MR) is 87.3 cm³/mol. The molecule has 3 nitrogen and oxygen atoms in total. The molecule has 2 heterocycles. The van der Waals surface area contributed by atoms with Gasteiger partial charge in [-0.1, -0.05) is 32.0 Å². The standard InChI is InChI=1S/C18H26N2O/c1-3-19-11-16-15-8-4-5-9-17(15)21-18(16)13-20-10-6-7-14(2)12-20/h4-5,8-9,14,19H,3,6-7,10-13H2,1-2H3. The van der Waals surface area contributed by atoms with E-state index in [0.717, 1.165) is 36.9 Å². The molecule has 2 aromatic rings. The molecule has 114 valence electrons. The lowest BCUT2D eigenvalue weighted by Gasteiger charge is -2.30. The van der Waals surface area contributed by atoms with E-state index in [1.54, 1.807) is 0 Å². The Kier molecular flexibility index (Phi) is 4.61. The van der Waals surface area contributed by atoms with Crippen molar-refractivity contribution in [3.63, 3.8) is 0 Å². The quantitative estimate of drug-likeness (QED) is 0.907.